The van der Waals surface area contributed by atoms with Gasteiger partial charge >= 0.3 is 145 Å². The zero-order valence-corrected chi connectivity index (χ0v) is 32.1. The summed E-state index contributed by atoms with van der Waals surface area (Å²) in [7, 11) is 0. The van der Waals surface area contributed by atoms with Crippen LogP contribution in [0.4, 0.5) is 0 Å². The molecule has 0 heterocycles. The first kappa shape index (κ1) is 30.5. The molecular formula is C33H20CoI5. The Morgan fingerprint density at radius 2 is 0.667 bits per heavy atom. The molecule has 6 rings (SSSR count). The van der Waals surface area contributed by atoms with Gasteiger partial charge in [0.2, 0.25) is 0 Å². The monoisotopic (exact) mass is 1110 g/mol. The fourth-order valence-corrected chi connectivity index (χ4v) is 10.8. The molecule has 0 bridgehead atoms. The summed E-state index contributed by atoms with van der Waals surface area (Å²) < 4.78 is 5.26. The molecule has 0 N–H and O–H groups in total. The second kappa shape index (κ2) is 13.5. The molecule has 4 aromatic rings. The van der Waals surface area contributed by atoms with Gasteiger partial charge in [0.1, 0.15) is 0 Å². The Balaban J connectivity index is 0.000000237. The molecule has 0 aromatic heterocycles. The van der Waals surface area contributed by atoms with E-state index in [-0.39, 0.29) is 1.43 Å². The quantitative estimate of drug-likeness (QED) is 0.141. The minimum atomic E-state index is 0.0864. The number of halogens is 5. The third kappa shape index (κ3) is 6.36. The van der Waals surface area contributed by atoms with E-state index in [1.807, 2.05) is 0 Å². The van der Waals surface area contributed by atoms with Crippen LogP contribution in [-0.2, 0) is 15.7 Å². The SMILES string of the molecule is [Co][C]1=C(I)C(I)=C(I)C1(I)I.c1ccc(C2=C(c3ccccc3)C(c3ccccc3)=C2c2ccccc2)cc1. The van der Waals surface area contributed by atoms with Crippen LogP contribution < -0.4 is 0 Å². The first-order chi connectivity index (χ1) is 18.8. The van der Waals surface area contributed by atoms with Crippen molar-refractivity contribution in [1.82, 2.24) is 0 Å². The van der Waals surface area contributed by atoms with E-state index in [0.29, 0.717) is 0 Å². The molecular weight excluding hydrogens is 1090 g/mol. The first-order valence-electron chi connectivity index (χ1n) is 12.0. The van der Waals surface area contributed by atoms with Gasteiger partial charge < -0.3 is 0 Å². The number of alkyl halides is 2. The number of hydrogen-bond donors (Lipinski definition) is 0. The topological polar surface area (TPSA) is 0 Å². The Kier molecular flexibility index (Phi) is 10.6. The average Bonchev–Trinajstić information content (AvgIpc) is 3.10. The van der Waals surface area contributed by atoms with Crippen LogP contribution in [-0.4, -0.2) is 1.43 Å². The van der Waals surface area contributed by atoms with Crippen molar-refractivity contribution >= 4 is 135 Å². The molecule has 0 aliphatic heterocycles. The molecule has 196 valence electrons. The van der Waals surface area contributed by atoms with Crippen molar-refractivity contribution in [2.45, 2.75) is 1.43 Å². The van der Waals surface area contributed by atoms with Crippen molar-refractivity contribution in [1.29, 1.82) is 0 Å². The summed E-state index contributed by atoms with van der Waals surface area (Å²) in [6.07, 6.45) is 0. The Bertz CT molecular complexity index is 1390. The summed E-state index contributed by atoms with van der Waals surface area (Å²) in [5.74, 6) is 0. The van der Waals surface area contributed by atoms with E-state index in [1.54, 1.807) is 0 Å². The van der Waals surface area contributed by atoms with Crippen LogP contribution in [0.3, 0.4) is 0 Å². The molecule has 4 aromatic carbocycles. The van der Waals surface area contributed by atoms with E-state index >= 15 is 0 Å². The molecule has 0 nitrogen and oxygen atoms in total. The largest absolute Gasteiger partial charge is 0.0622 e. The maximum atomic E-state index is 4.54. The van der Waals surface area contributed by atoms with E-state index < -0.39 is 0 Å². The van der Waals surface area contributed by atoms with E-state index in [0.717, 1.165) is 0 Å². The van der Waals surface area contributed by atoms with E-state index in [2.05, 4.69) is 250 Å². The average molecular weight is 1110 g/mol. The maximum absolute atomic E-state index is 4.54. The molecule has 0 amide bonds. The Labute approximate surface area is 306 Å². The van der Waals surface area contributed by atoms with E-state index in [9.17, 15) is 0 Å². The number of allylic oxidation sites excluding steroid dienone is 8. The zero-order chi connectivity index (χ0) is 27.6. The van der Waals surface area contributed by atoms with Gasteiger partial charge in [0.25, 0.3) is 0 Å². The smallest absolute Gasteiger partial charge is 0.00139 e. The van der Waals surface area contributed by atoms with E-state index in [1.165, 1.54) is 59.8 Å². The van der Waals surface area contributed by atoms with Crippen LogP contribution in [0.25, 0.3) is 22.3 Å². The summed E-state index contributed by atoms with van der Waals surface area (Å²) in [6.45, 7) is 0. The first-order valence-corrected chi connectivity index (χ1v) is 17.9. The number of rotatable bonds is 4. The fraction of sp³-hybridized carbons (Fsp3) is 0.0303. The van der Waals surface area contributed by atoms with Crippen LogP contribution >= 0.6 is 113 Å². The van der Waals surface area contributed by atoms with Gasteiger partial charge in [-0.1, -0.05) is 121 Å². The maximum Gasteiger partial charge on any atom is -0.00139 e. The fourth-order valence-electron chi connectivity index (χ4n) is 4.57. The van der Waals surface area contributed by atoms with Crippen LogP contribution in [0, 0.1) is 0 Å². The van der Waals surface area contributed by atoms with Gasteiger partial charge in [0.15, 0.2) is 0 Å². The van der Waals surface area contributed by atoms with Crippen molar-refractivity contribution < 1.29 is 15.7 Å². The molecule has 0 atom stereocenters. The van der Waals surface area contributed by atoms with Crippen LogP contribution in [0.15, 0.2) is 137 Å². The molecule has 2 aliphatic rings. The second-order valence-corrected chi connectivity index (χ2v) is 17.8. The Hall–Kier alpha value is -0.00351. The van der Waals surface area contributed by atoms with Gasteiger partial charge in [-0.2, -0.15) is 0 Å². The van der Waals surface area contributed by atoms with Gasteiger partial charge in [-0.3, -0.25) is 0 Å². The van der Waals surface area contributed by atoms with Gasteiger partial charge in [-0.25, -0.2) is 0 Å². The van der Waals surface area contributed by atoms with Gasteiger partial charge in [-0.15, -0.1) is 0 Å². The molecule has 0 saturated heterocycles. The molecule has 0 fully saturated rings. The molecule has 0 unspecified atom stereocenters. The molecule has 0 saturated carbocycles. The third-order valence-electron chi connectivity index (χ3n) is 6.36. The van der Waals surface area contributed by atoms with Gasteiger partial charge in [0.05, 0.1) is 0 Å². The minimum absolute atomic E-state index is 0.0864. The second-order valence-electron chi connectivity index (χ2n) is 8.77. The normalized spacial score (nSPS) is 16.3. The molecule has 0 spiro atoms. The standard InChI is InChI=1S/C28H20.C5I5.Co/c1-5-13-21(14-6-1)25-26(22-15-7-2-8-16-22)28(24-19-11-4-12-20-24)27(25)23-17-9-3-10-18-23;6-2-1-5(9,10)4(8)3(2)7;/h1-20H;;. The van der Waals surface area contributed by atoms with Crippen molar-refractivity contribution in [3.8, 4) is 0 Å². The number of benzene rings is 4. The summed E-state index contributed by atoms with van der Waals surface area (Å²) >= 11 is 16.5. The summed E-state index contributed by atoms with van der Waals surface area (Å²) in [5.41, 5.74) is 10.4. The molecule has 39 heavy (non-hydrogen) atoms. The van der Waals surface area contributed by atoms with Crippen LogP contribution in [0.5, 0.6) is 0 Å². The summed E-state index contributed by atoms with van der Waals surface area (Å²) in [6, 6.07) is 43.0. The van der Waals surface area contributed by atoms with Crippen molar-refractivity contribution in [2.75, 3.05) is 0 Å². The molecule has 0 radical (unpaired) electrons. The molecule has 2 aliphatic carbocycles. The predicted octanol–water partition coefficient (Wildman–Crippen LogP) is 12.1. The summed E-state index contributed by atoms with van der Waals surface area (Å²) in [4.78, 5) is 0. The van der Waals surface area contributed by atoms with Crippen LogP contribution in [0.2, 0.25) is 0 Å². The van der Waals surface area contributed by atoms with Crippen molar-refractivity contribution in [3.63, 3.8) is 0 Å². The zero-order valence-electron chi connectivity index (χ0n) is 20.3. The van der Waals surface area contributed by atoms with Crippen LogP contribution in [0.1, 0.15) is 22.3 Å². The minimum Gasteiger partial charge on any atom is -0.0622 e. The predicted molar refractivity (Wildman–Crippen MR) is 206 cm³/mol. The van der Waals surface area contributed by atoms with E-state index in [4.69, 9.17) is 0 Å². The third-order valence-corrected chi connectivity index (χ3v) is 18.1. The van der Waals surface area contributed by atoms with Crippen molar-refractivity contribution in [2.24, 2.45) is 0 Å². The Morgan fingerprint density at radius 3 is 0.821 bits per heavy atom. The van der Waals surface area contributed by atoms with Gasteiger partial charge in [0, 0.05) is 0 Å². The summed E-state index contributed by atoms with van der Waals surface area (Å²) in [5, 5.41) is 0. The Morgan fingerprint density at radius 1 is 0.410 bits per heavy atom. The van der Waals surface area contributed by atoms with Crippen molar-refractivity contribution in [3.05, 3.63) is 159 Å². The number of hydrogen-bond acceptors (Lipinski definition) is 0. The molecule has 6 heteroatoms. The van der Waals surface area contributed by atoms with Gasteiger partial charge in [-0.05, 0) is 44.5 Å².